The number of hydrogen-bond acceptors (Lipinski definition) is 9. The van der Waals surface area contributed by atoms with Gasteiger partial charge in [0.05, 0.1) is 45.7 Å². The number of aromatic nitrogens is 2. The van der Waals surface area contributed by atoms with Crippen molar-refractivity contribution in [2.45, 2.75) is 12.8 Å². The molecule has 0 radical (unpaired) electrons. The third-order valence-corrected chi connectivity index (χ3v) is 6.45. The second kappa shape index (κ2) is 14.4. The maximum absolute atomic E-state index is 14.2. The van der Waals surface area contributed by atoms with E-state index in [9.17, 15) is 14.3 Å². The first-order chi connectivity index (χ1) is 19.9. The number of primary amides is 1. The number of ether oxygens (including phenoxy) is 3. The number of hydrogen-bond donors (Lipinski definition) is 4. The molecule has 0 unspecified atom stereocenters. The highest BCUT2D eigenvalue weighted by Crippen LogP contribution is 2.38. The summed E-state index contributed by atoms with van der Waals surface area (Å²) < 4.78 is 31.1. The number of aromatic amines is 1. The maximum Gasteiger partial charge on any atom is 0.223 e. The van der Waals surface area contributed by atoms with Crippen molar-refractivity contribution in [3.63, 3.8) is 0 Å². The Morgan fingerprint density at radius 1 is 1.17 bits per heavy atom. The number of aliphatic hydroxyl groups excluding tert-OH is 1. The highest BCUT2D eigenvalue weighted by molar-refractivity contribution is 6.16. The number of benzene rings is 2. The molecule has 3 aromatic rings. The molecular weight excluding hydrogens is 533 g/mol. The minimum absolute atomic E-state index is 0.00225. The van der Waals surface area contributed by atoms with Gasteiger partial charge in [-0.3, -0.25) is 14.8 Å². The van der Waals surface area contributed by atoms with Crippen molar-refractivity contribution in [1.82, 2.24) is 15.1 Å². The number of aliphatic hydroxyl groups is 1. The van der Waals surface area contributed by atoms with Crippen molar-refractivity contribution in [2.75, 3.05) is 70.6 Å². The summed E-state index contributed by atoms with van der Waals surface area (Å²) in [6.45, 7) is 3.46. The van der Waals surface area contributed by atoms with Gasteiger partial charge in [0.1, 0.15) is 11.7 Å². The second-order valence-corrected chi connectivity index (χ2v) is 9.38. The van der Waals surface area contributed by atoms with Crippen LogP contribution in [0.2, 0.25) is 0 Å². The van der Waals surface area contributed by atoms with Gasteiger partial charge in [0, 0.05) is 55.8 Å². The van der Waals surface area contributed by atoms with Gasteiger partial charge < -0.3 is 35.3 Å². The number of carbonyl (C=O) groups is 1. The Bertz CT molecular complexity index is 1350. The molecule has 0 fully saturated rings. The number of nitrogens with one attached hydrogen (secondary N) is 2. The van der Waals surface area contributed by atoms with E-state index in [0.717, 1.165) is 25.2 Å². The quantitative estimate of drug-likeness (QED) is 0.202. The summed E-state index contributed by atoms with van der Waals surface area (Å²) in [6.07, 6.45) is 0.743. The standard InChI is InChI=1S/C28H36FN7O5/c1-39-12-9-35(8-10-37)7-4-11-41-25-17-23-22(16-24(25)40-2)28(32-27-15-20(33-34-27)14-26(30)38)36(18-31-23)21-6-3-5-19(29)13-21/h3,5-6,13,15-17,31,37H,4,7-12,14,18H2,1-2H3,(H2,30,38)(H,33,34). The number of nitrogens with zero attached hydrogens (tertiary/aromatic N) is 4. The zero-order valence-corrected chi connectivity index (χ0v) is 23.2. The van der Waals surface area contributed by atoms with Gasteiger partial charge in [-0.05, 0) is 30.7 Å². The van der Waals surface area contributed by atoms with E-state index in [4.69, 9.17) is 24.9 Å². The van der Waals surface area contributed by atoms with Crippen molar-refractivity contribution in [3.8, 4) is 11.5 Å². The van der Waals surface area contributed by atoms with Gasteiger partial charge in [-0.1, -0.05) is 6.07 Å². The normalized spacial score (nSPS) is 13.8. The molecule has 41 heavy (non-hydrogen) atoms. The lowest BCUT2D eigenvalue weighted by Gasteiger charge is -2.33. The summed E-state index contributed by atoms with van der Waals surface area (Å²) in [6, 6.07) is 11.5. The predicted octanol–water partition coefficient (Wildman–Crippen LogP) is 2.26. The molecular formula is C28H36FN7O5. The number of nitrogens with two attached hydrogens (primary N) is 1. The molecule has 0 aliphatic carbocycles. The minimum Gasteiger partial charge on any atom is -0.493 e. The van der Waals surface area contributed by atoms with E-state index in [-0.39, 0.29) is 18.8 Å². The number of carbonyl (C=O) groups excluding carboxylic acids is 1. The van der Waals surface area contributed by atoms with Gasteiger partial charge in [0.15, 0.2) is 17.3 Å². The Balaban J connectivity index is 1.60. The summed E-state index contributed by atoms with van der Waals surface area (Å²) in [4.78, 5) is 20.1. The summed E-state index contributed by atoms with van der Waals surface area (Å²) in [5, 5.41) is 19.7. The van der Waals surface area contributed by atoms with Crippen LogP contribution in [0.1, 0.15) is 17.7 Å². The molecule has 0 atom stereocenters. The molecule has 2 heterocycles. The van der Waals surface area contributed by atoms with Crippen molar-refractivity contribution in [3.05, 3.63) is 59.5 Å². The smallest absolute Gasteiger partial charge is 0.223 e. The molecule has 1 amide bonds. The molecule has 1 aromatic heterocycles. The predicted molar refractivity (Wildman–Crippen MR) is 154 cm³/mol. The molecule has 13 heteroatoms. The van der Waals surface area contributed by atoms with E-state index in [0.29, 0.717) is 66.5 Å². The first kappa shape index (κ1) is 29.8. The maximum atomic E-state index is 14.2. The Labute approximate surface area is 237 Å². The van der Waals surface area contributed by atoms with Crippen LogP contribution in [0.25, 0.3) is 0 Å². The van der Waals surface area contributed by atoms with Crippen LogP contribution < -0.4 is 25.4 Å². The van der Waals surface area contributed by atoms with Gasteiger partial charge in [-0.2, -0.15) is 5.10 Å². The molecule has 0 spiro atoms. The number of methoxy groups -OCH3 is 2. The number of halogens is 1. The van der Waals surface area contributed by atoms with E-state index in [2.05, 4.69) is 20.4 Å². The molecule has 0 bridgehead atoms. The van der Waals surface area contributed by atoms with Gasteiger partial charge >= 0.3 is 0 Å². The Hall–Kier alpha value is -4.20. The molecule has 12 nitrogen and oxygen atoms in total. The number of rotatable bonds is 15. The van der Waals surface area contributed by atoms with Crippen LogP contribution in [0.4, 0.5) is 21.6 Å². The number of amides is 1. The SMILES string of the molecule is COCCN(CCO)CCCOc1cc2c(cc1OC)C(=Nc1cc(CC(N)=O)[nH]n1)N(c1cccc(F)c1)CN2. The van der Waals surface area contributed by atoms with Crippen molar-refractivity contribution in [2.24, 2.45) is 10.7 Å². The lowest BCUT2D eigenvalue weighted by molar-refractivity contribution is -0.117. The fourth-order valence-electron chi connectivity index (χ4n) is 4.49. The van der Waals surface area contributed by atoms with Crippen molar-refractivity contribution in [1.29, 1.82) is 0 Å². The fourth-order valence-corrected chi connectivity index (χ4v) is 4.49. The number of aliphatic imine (C=N–C) groups is 1. The molecule has 1 aliphatic heterocycles. The van der Waals surface area contributed by atoms with Crippen LogP contribution in [0.5, 0.6) is 11.5 Å². The van der Waals surface area contributed by atoms with Crippen LogP contribution in [0, 0.1) is 5.82 Å². The molecule has 5 N–H and O–H groups in total. The number of H-pyrrole nitrogens is 1. The Morgan fingerprint density at radius 3 is 2.76 bits per heavy atom. The molecule has 220 valence electrons. The first-order valence-electron chi connectivity index (χ1n) is 13.3. The van der Waals surface area contributed by atoms with E-state index < -0.39 is 5.91 Å². The molecule has 0 saturated carbocycles. The monoisotopic (exact) mass is 569 g/mol. The number of anilines is 2. The zero-order chi connectivity index (χ0) is 29.2. The van der Waals surface area contributed by atoms with E-state index >= 15 is 0 Å². The van der Waals surface area contributed by atoms with E-state index in [1.54, 1.807) is 32.4 Å². The third kappa shape index (κ3) is 7.93. The van der Waals surface area contributed by atoms with E-state index in [1.165, 1.54) is 12.1 Å². The van der Waals surface area contributed by atoms with Crippen molar-refractivity contribution < 1.29 is 28.5 Å². The summed E-state index contributed by atoms with van der Waals surface area (Å²) in [7, 11) is 3.21. The van der Waals surface area contributed by atoms with Crippen LogP contribution in [-0.4, -0.2) is 92.3 Å². The third-order valence-electron chi connectivity index (χ3n) is 6.45. The minimum atomic E-state index is -0.491. The zero-order valence-electron chi connectivity index (χ0n) is 23.2. The highest BCUT2D eigenvalue weighted by atomic mass is 19.1. The topological polar surface area (TPSA) is 151 Å². The number of amidine groups is 1. The van der Waals surface area contributed by atoms with E-state index in [1.807, 2.05) is 17.0 Å². The molecule has 2 aromatic carbocycles. The highest BCUT2D eigenvalue weighted by Gasteiger charge is 2.27. The molecule has 1 aliphatic rings. The van der Waals surface area contributed by atoms with Crippen LogP contribution in [0.15, 0.2) is 47.5 Å². The Kier molecular flexibility index (Phi) is 10.5. The van der Waals surface area contributed by atoms with Crippen LogP contribution >= 0.6 is 0 Å². The lowest BCUT2D eigenvalue weighted by atomic mass is 10.1. The molecule has 4 rings (SSSR count). The Morgan fingerprint density at radius 2 is 2.02 bits per heavy atom. The van der Waals surface area contributed by atoms with Crippen molar-refractivity contribution >= 4 is 28.9 Å². The van der Waals surface area contributed by atoms with Gasteiger partial charge in [-0.25, -0.2) is 9.38 Å². The van der Waals surface area contributed by atoms with Gasteiger partial charge in [0.25, 0.3) is 0 Å². The second-order valence-electron chi connectivity index (χ2n) is 9.38. The molecule has 0 saturated heterocycles. The summed E-state index contributed by atoms with van der Waals surface area (Å²) in [5.41, 5.74) is 7.88. The first-order valence-corrected chi connectivity index (χ1v) is 13.3. The van der Waals surface area contributed by atoms with Crippen LogP contribution in [0.3, 0.4) is 0 Å². The average Bonchev–Trinajstić information content (AvgIpc) is 3.39. The largest absolute Gasteiger partial charge is 0.493 e. The lowest BCUT2D eigenvalue weighted by Crippen LogP contribution is -2.40. The fraction of sp³-hybridized carbons (Fsp3) is 0.393. The van der Waals surface area contributed by atoms with Crippen LogP contribution in [-0.2, 0) is 16.0 Å². The summed E-state index contributed by atoms with van der Waals surface area (Å²) >= 11 is 0. The van der Waals surface area contributed by atoms with Gasteiger partial charge in [-0.15, -0.1) is 0 Å². The summed E-state index contributed by atoms with van der Waals surface area (Å²) in [5.74, 6) is 1.04. The van der Waals surface area contributed by atoms with Gasteiger partial charge in [0.2, 0.25) is 5.91 Å². The average molecular weight is 570 g/mol. The number of fused-ring (bicyclic) bond motifs is 1.